The molecule has 28 atom stereocenters. The van der Waals surface area contributed by atoms with Gasteiger partial charge in [0.2, 0.25) is 0 Å². The van der Waals surface area contributed by atoms with Crippen molar-refractivity contribution in [3.05, 3.63) is 132 Å². The van der Waals surface area contributed by atoms with Gasteiger partial charge in [-0.15, -0.1) is 0 Å². The van der Waals surface area contributed by atoms with Gasteiger partial charge in [-0.1, -0.05) is 134 Å². The molecule has 0 radical (unpaired) electrons. The Kier molecular flexibility index (Phi) is 37.1. The molecule has 0 bridgehead atoms. The Labute approximate surface area is 804 Å². The van der Waals surface area contributed by atoms with Crippen LogP contribution in [0.25, 0.3) is 34.0 Å². The van der Waals surface area contributed by atoms with Gasteiger partial charge in [0.25, 0.3) is 0 Å². The number of para-hydroxylation sites is 2. The summed E-state index contributed by atoms with van der Waals surface area (Å²) in [4.78, 5) is 152. The van der Waals surface area contributed by atoms with Crippen LogP contribution in [0.3, 0.4) is 0 Å². The molecule has 30 heteroatoms. The maximum Gasteiger partial charge on any atom is 0.410 e. The summed E-state index contributed by atoms with van der Waals surface area (Å²) in [6.45, 7) is 31.1. The molecule has 10 heterocycles. The summed E-state index contributed by atoms with van der Waals surface area (Å²) in [7, 11) is 12.7. The van der Waals surface area contributed by atoms with E-state index in [4.69, 9.17) is 57.2 Å². The molecule has 8 fully saturated rings. The summed E-state index contributed by atoms with van der Waals surface area (Å²) in [5, 5.41) is 20.7. The Balaban J connectivity index is 0.000000258. The predicted octanol–water partition coefficient (Wildman–Crippen LogP) is 14.1. The minimum Gasteiger partial charge on any atom is -0.458 e. The molecule has 2 N–H and O–H groups in total. The maximum absolute atomic E-state index is 15.3. The smallest absolute Gasteiger partial charge is 0.410 e. The fourth-order valence-corrected chi connectivity index (χ4v) is 22.6. The number of fused-ring (bicyclic) bond motifs is 4. The molecule has 3 aromatic carbocycles. The molecule has 8 saturated heterocycles. The quantitative estimate of drug-likeness (QED) is 0.0329. The Morgan fingerprint density at radius 2 is 0.926 bits per heavy atom. The highest BCUT2D eigenvalue weighted by Gasteiger charge is 2.64. The summed E-state index contributed by atoms with van der Waals surface area (Å²) >= 11 is 0. The number of hydrogen-bond acceptors (Lipinski definition) is 28. The zero-order valence-corrected chi connectivity index (χ0v) is 84.3. The van der Waals surface area contributed by atoms with Crippen molar-refractivity contribution >= 4 is 87.2 Å². The van der Waals surface area contributed by atoms with Crippen LogP contribution in [0, 0.1) is 47.3 Å². The van der Waals surface area contributed by atoms with Crippen LogP contribution in [0.4, 0.5) is 9.59 Å². The molecule has 0 aliphatic carbocycles. The SMILES string of the molecule is CC[C@H]1OC(=O)[C@H](C)C(=O)[C@H](C)[C@@H](O[C@@H]2O[C@H](C)C[C@H](N(C)C)[C@H]2O)[C@](C)(OC/C=C/c2cnc3ccccc3c2)C[C@@H](C)C(=O)[C@H](C)[C@H]2N(CC[C@@H]3CCCN3C)C(=O)O[C@]12C.CC[C@H]1OC(=O)[C@H](C)C(=O)[C@H](C)[C@@H](O[C@@H]2O[C@H](C)C[C@H](N(C)C)[C@H]2OC(=O)c2ccccc2)[C@](C)(OC/C=C/c2cnc3ccccc3c2)C[C@@H](C)C(=O)[C@H](C)[C@H]2N(CC[C@@H]3CCCN3C)C(=O)O[C@]12C.CO. The Morgan fingerprint density at radius 3 is 1.33 bits per heavy atom. The molecule has 30 nitrogen and oxygen atoms in total. The molecular formula is C106H152N8O22. The molecule has 0 spiro atoms. The predicted molar refractivity (Wildman–Crippen MR) is 517 cm³/mol. The molecule has 0 unspecified atom stereocenters. The normalized spacial score (nSPS) is 35.6. The van der Waals surface area contributed by atoms with E-state index in [0.717, 1.165) is 78.8 Å². The minimum absolute atomic E-state index is 0.0252. The van der Waals surface area contributed by atoms with E-state index in [1.54, 1.807) is 74.2 Å². The van der Waals surface area contributed by atoms with Crippen molar-refractivity contribution in [2.75, 3.05) is 88.8 Å². The number of aliphatic hydroxyl groups excluding tert-OH is 2. The lowest BCUT2D eigenvalue weighted by Gasteiger charge is -2.48. The summed E-state index contributed by atoms with van der Waals surface area (Å²) < 4.78 is 72.0. The largest absolute Gasteiger partial charge is 0.458 e. The lowest BCUT2D eigenvalue weighted by Crippen LogP contribution is -2.61. The number of aliphatic hydroxyl groups is 2. The van der Waals surface area contributed by atoms with Crippen LogP contribution in [-0.4, -0.2) is 312 Å². The first-order valence-electron chi connectivity index (χ1n) is 49.1. The number of carbonyl (C=O) groups is 9. The highest BCUT2D eigenvalue weighted by molar-refractivity contribution is 6.01. The first-order chi connectivity index (χ1) is 64.5. The number of rotatable bonds is 24. The van der Waals surface area contributed by atoms with Gasteiger partial charge in [-0.25, -0.2) is 14.4 Å². The van der Waals surface area contributed by atoms with Crippen molar-refractivity contribution in [1.82, 2.24) is 39.4 Å². The number of likely N-dealkylation sites (N-methyl/N-ethyl adjacent to an activating group) is 2. The minimum atomic E-state index is -1.45. The number of nitrogens with zero attached hydrogens (tertiary/aromatic N) is 8. The van der Waals surface area contributed by atoms with Gasteiger partial charge in [0, 0.05) is 97.0 Å². The van der Waals surface area contributed by atoms with E-state index in [-0.39, 0.29) is 86.8 Å². The highest BCUT2D eigenvalue weighted by atomic mass is 16.7. The van der Waals surface area contributed by atoms with Crippen molar-refractivity contribution in [2.24, 2.45) is 47.3 Å². The van der Waals surface area contributed by atoms with Crippen LogP contribution >= 0.6 is 0 Å². The number of benzene rings is 3. The molecule has 8 aliphatic heterocycles. The first kappa shape index (κ1) is 108. The van der Waals surface area contributed by atoms with Gasteiger partial charge < -0.3 is 91.7 Å². The van der Waals surface area contributed by atoms with Crippen molar-refractivity contribution in [1.29, 1.82) is 0 Å². The third-order valence-corrected chi connectivity index (χ3v) is 30.2. The van der Waals surface area contributed by atoms with E-state index < -0.39 is 173 Å². The number of cyclic esters (lactones) is 2. The average Bonchev–Trinajstić information content (AvgIpc) is 1.58. The number of aromatic nitrogens is 2. The summed E-state index contributed by atoms with van der Waals surface area (Å²) in [5.74, 6) is -11.0. The molecule has 748 valence electrons. The number of carbonyl (C=O) groups excluding carboxylic acids is 9. The third-order valence-electron chi connectivity index (χ3n) is 30.2. The van der Waals surface area contributed by atoms with E-state index in [2.05, 4.69) is 33.9 Å². The molecule has 5 aromatic rings. The van der Waals surface area contributed by atoms with Gasteiger partial charge in [-0.3, -0.25) is 38.7 Å². The van der Waals surface area contributed by atoms with Gasteiger partial charge in [0.1, 0.15) is 41.7 Å². The number of amides is 2. The fourth-order valence-electron chi connectivity index (χ4n) is 22.6. The average molecular weight is 1890 g/mol. The van der Waals surface area contributed by atoms with Crippen LogP contribution in [0.2, 0.25) is 0 Å². The number of ether oxygens (including phenoxy) is 11. The van der Waals surface area contributed by atoms with Crippen LogP contribution in [-0.2, 0) is 80.9 Å². The Hall–Kier alpha value is -8.89. The third kappa shape index (κ3) is 24.4. The van der Waals surface area contributed by atoms with Crippen LogP contribution in [0.15, 0.2) is 116 Å². The molecule has 8 aliphatic rings. The fraction of sp³-hybridized carbons (Fsp3) is 0.651. The molecule has 2 aromatic heterocycles. The van der Waals surface area contributed by atoms with Gasteiger partial charge >= 0.3 is 30.1 Å². The zero-order chi connectivity index (χ0) is 99.3. The topological polar surface area (TPSA) is 341 Å². The summed E-state index contributed by atoms with van der Waals surface area (Å²) in [6.07, 6.45) is 7.91. The van der Waals surface area contributed by atoms with Crippen LogP contribution in [0.1, 0.15) is 209 Å². The van der Waals surface area contributed by atoms with E-state index in [1.165, 1.54) is 13.8 Å². The van der Waals surface area contributed by atoms with Crippen LogP contribution < -0.4 is 0 Å². The number of Topliss-reactive ketones (excluding diaryl/α,β-unsaturated/α-hetero) is 4. The monoisotopic (exact) mass is 1890 g/mol. The molecular weight excluding hydrogens is 1740 g/mol. The van der Waals surface area contributed by atoms with E-state index >= 15 is 14.4 Å². The number of likely N-dealkylation sites (tertiary alicyclic amines) is 2. The number of hydrogen-bond donors (Lipinski definition) is 2. The lowest BCUT2D eigenvalue weighted by molar-refractivity contribution is -0.296. The maximum atomic E-state index is 15.3. The van der Waals surface area contributed by atoms with Crippen molar-refractivity contribution in [3.63, 3.8) is 0 Å². The second-order valence-corrected chi connectivity index (χ2v) is 40.6. The molecule has 136 heavy (non-hydrogen) atoms. The van der Waals surface area contributed by atoms with Crippen molar-refractivity contribution < 1.29 is 105 Å². The van der Waals surface area contributed by atoms with Gasteiger partial charge in [-0.2, -0.15) is 0 Å². The Bertz CT molecular complexity index is 4980. The van der Waals surface area contributed by atoms with E-state index in [9.17, 15) is 33.9 Å². The van der Waals surface area contributed by atoms with Crippen LogP contribution in [0.5, 0.6) is 0 Å². The van der Waals surface area contributed by atoms with Crippen molar-refractivity contribution in [2.45, 2.75) is 308 Å². The zero-order valence-electron chi connectivity index (χ0n) is 84.3. The van der Waals surface area contributed by atoms with Crippen molar-refractivity contribution in [3.8, 4) is 0 Å². The van der Waals surface area contributed by atoms with Gasteiger partial charge in [-0.05, 0) is 235 Å². The summed E-state index contributed by atoms with van der Waals surface area (Å²) in [5.41, 5.74) is -1.83. The number of ketones is 4. The van der Waals surface area contributed by atoms with E-state index in [1.807, 2.05) is 198 Å². The second-order valence-electron chi connectivity index (χ2n) is 40.6. The number of esters is 3. The molecule has 13 rings (SSSR count). The lowest BCUT2D eigenvalue weighted by atomic mass is 9.73. The first-order valence-corrected chi connectivity index (χ1v) is 49.1. The van der Waals surface area contributed by atoms with E-state index in [0.29, 0.717) is 44.3 Å². The highest BCUT2D eigenvalue weighted by Crippen LogP contribution is 2.48. The molecule has 0 saturated carbocycles. The van der Waals surface area contributed by atoms with Gasteiger partial charge in [0.15, 0.2) is 41.5 Å². The molecule has 2 amide bonds. The van der Waals surface area contributed by atoms with Gasteiger partial charge in [0.05, 0.1) is 83.6 Å². The second kappa shape index (κ2) is 46.9. The standard InChI is InChI=1S/C56H76N4O11.C49H72N4O10.CH4O/c1-12-45-56(8)49(60(54(65)71-56)28-26-42-24-18-27-59(42)11)36(4)46(61)34(2)32-55(7,66-29-19-20-39-31-41-23-16-17-25-43(41)57-33-39)50(37(5)47(62)38(6)51(63)68-45)70-53-48(44(58(9)10)30-35(3)67-53)69-52(64)40-21-14-13-15-22-40;1-12-39-49(8)43(53(47(58)63-49)23-21-36-19-15-22-52(36)11)31(4)40(54)29(2)27-48(7,59-24-16-17-34-26-35-18-13-14-20-37(35)50-28-34)44(32(5)41(55)33(6)45(57)61-39)62-46-42(56)38(51(9)10)25-30(3)60-46;1-2/h13-17,19-23,25,31,33-38,42,44-45,48-50,53H,12,18,24,26-30,32H2,1-11H3;13-14,16-18,20,26,28-33,36,38-39,42-44,46,56H,12,15,19,21-25,27H2,1-11H3;2H,1H3/b20-19+;17-16+;/t34-,35-,36+,37+,38-,42+,44+,45-,48-,49-,50-,53+,55-,56-;29-,30-,31+,32+,33-,36+,38+,39-,42-,43-,44-,46+,48-,49-;/m11./s1. The summed E-state index contributed by atoms with van der Waals surface area (Å²) in [6, 6.07) is 26.7. The number of pyridine rings is 2. The Morgan fingerprint density at radius 1 is 0.529 bits per heavy atom.